The molecule has 5 nitrogen and oxygen atoms in total. The lowest BCUT2D eigenvalue weighted by Gasteiger charge is -2.27. The van der Waals surface area contributed by atoms with E-state index in [0.717, 1.165) is 38.2 Å². The summed E-state index contributed by atoms with van der Waals surface area (Å²) < 4.78 is 1.97. The Hall–Kier alpha value is -0.970. The van der Waals surface area contributed by atoms with Gasteiger partial charge in [0.1, 0.15) is 0 Å². The Morgan fingerprint density at radius 3 is 2.50 bits per heavy atom. The van der Waals surface area contributed by atoms with E-state index in [1.165, 1.54) is 0 Å². The lowest BCUT2D eigenvalue weighted by Crippen LogP contribution is -2.33. The van der Waals surface area contributed by atoms with Crippen molar-refractivity contribution in [2.45, 2.75) is 59.0 Å². The van der Waals surface area contributed by atoms with Gasteiger partial charge in [0.2, 0.25) is 0 Å². The molecule has 16 heavy (non-hydrogen) atoms. The minimum Gasteiger partial charge on any atom is -0.310 e. The van der Waals surface area contributed by atoms with Crippen LogP contribution < -0.4 is 5.32 Å². The van der Waals surface area contributed by atoms with Gasteiger partial charge in [-0.15, -0.1) is 5.10 Å². The largest absolute Gasteiger partial charge is 0.310 e. The van der Waals surface area contributed by atoms with E-state index in [1.807, 2.05) is 4.68 Å². The summed E-state index contributed by atoms with van der Waals surface area (Å²) in [6.07, 6.45) is 3.20. The molecule has 0 aromatic carbocycles. The molecule has 1 rings (SSSR count). The summed E-state index contributed by atoms with van der Waals surface area (Å²) in [7, 11) is 0. The molecular weight excluding hydrogens is 202 g/mol. The van der Waals surface area contributed by atoms with Crippen LogP contribution in [-0.2, 0) is 12.1 Å². The van der Waals surface area contributed by atoms with Crippen molar-refractivity contribution in [3.05, 3.63) is 5.82 Å². The molecule has 92 valence electrons. The van der Waals surface area contributed by atoms with Gasteiger partial charge in [-0.3, -0.25) is 0 Å². The molecule has 0 saturated carbocycles. The van der Waals surface area contributed by atoms with Crippen LogP contribution in [0.2, 0.25) is 0 Å². The quantitative estimate of drug-likeness (QED) is 0.718. The predicted octanol–water partition coefficient (Wildman–Crippen LogP) is 1.71. The third-order valence-corrected chi connectivity index (χ3v) is 3.28. The molecule has 0 amide bonds. The van der Waals surface area contributed by atoms with Gasteiger partial charge >= 0.3 is 0 Å². The smallest absolute Gasteiger partial charge is 0.165 e. The van der Waals surface area contributed by atoms with Crippen molar-refractivity contribution in [1.82, 2.24) is 25.5 Å². The van der Waals surface area contributed by atoms with E-state index in [2.05, 4.69) is 48.5 Å². The molecule has 0 saturated heterocycles. The molecule has 0 radical (unpaired) electrons. The fourth-order valence-corrected chi connectivity index (χ4v) is 1.66. The van der Waals surface area contributed by atoms with Gasteiger partial charge in [-0.1, -0.05) is 20.8 Å². The SMILES string of the molecule is CCCNCc1nnnn1C(C)(CC)CC. The first-order chi connectivity index (χ1) is 7.68. The second-order valence-corrected chi connectivity index (χ2v) is 4.39. The molecule has 1 aromatic rings. The maximum absolute atomic E-state index is 4.12. The molecule has 0 unspecified atom stereocenters. The number of aromatic nitrogens is 4. The van der Waals surface area contributed by atoms with Crippen LogP contribution in [0.5, 0.6) is 0 Å². The lowest BCUT2D eigenvalue weighted by molar-refractivity contribution is 0.249. The monoisotopic (exact) mass is 225 g/mol. The first-order valence-corrected chi connectivity index (χ1v) is 6.16. The summed E-state index contributed by atoms with van der Waals surface area (Å²) in [5.74, 6) is 0.930. The Kier molecular flexibility index (Phi) is 4.86. The van der Waals surface area contributed by atoms with E-state index >= 15 is 0 Å². The van der Waals surface area contributed by atoms with E-state index in [0.29, 0.717) is 0 Å². The Bertz CT molecular complexity index is 303. The van der Waals surface area contributed by atoms with Crippen LogP contribution in [0.3, 0.4) is 0 Å². The average molecular weight is 225 g/mol. The molecule has 0 aliphatic heterocycles. The Morgan fingerprint density at radius 1 is 1.25 bits per heavy atom. The lowest BCUT2D eigenvalue weighted by atomic mass is 9.96. The van der Waals surface area contributed by atoms with Gasteiger partial charge in [0.25, 0.3) is 0 Å². The number of rotatable bonds is 7. The van der Waals surface area contributed by atoms with E-state index < -0.39 is 0 Å². The van der Waals surface area contributed by atoms with Crippen molar-refractivity contribution in [3.63, 3.8) is 0 Å². The number of hydrogen-bond donors (Lipinski definition) is 1. The van der Waals surface area contributed by atoms with Gasteiger partial charge in [-0.25, -0.2) is 4.68 Å². The molecule has 0 fully saturated rings. The second-order valence-electron chi connectivity index (χ2n) is 4.39. The molecule has 0 aliphatic carbocycles. The molecular formula is C11H23N5. The van der Waals surface area contributed by atoms with Crippen LogP contribution in [0.15, 0.2) is 0 Å². The van der Waals surface area contributed by atoms with Gasteiger partial charge in [0, 0.05) is 0 Å². The maximum Gasteiger partial charge on any atom is 0.165 e. The molecule has 1 heterocycles. The van der Waals surface area contributed by atoms with Crippen molar-refractivity contribution >= 4 is 0 Å². The van der Waals surface area contributed by atoms with Gasteiger partial charge in [0.05, 0.1) is 12.1 Å². The van der Waals surface area contributed by atoms with Crippen molar-refractivity contribution in [1.29, 1.82) is 0 Å². The number of hydrogen-bond acceptors (Lipinski definition) is 4. The minimum absolute atomic E-state index is 0.0345. The normalized spacial score (nSPS) is 12.0. The average Bonchev–Trinajstić information content (AvgIpc) is 2.77. The minimum atomic E-state index is 0.0345. The van der Waals surface area contributed by atoms with Crippen LogP contribution in [-0.4, -0.2) is 26.8 Å². The summed E-state index contributed by atoms with van der Waals surface area (Å²) in [4.78, 5) is 0. The molecule has 0 aliphatic rings. The molecule has 5 heteroatoms. The van der Waals surface area contributed by atoms with Crippen molar-refractivity contribution < 1.29 is 0 Å². The molecule has 0 atom stereocenters. The Morgan fingerprint density at radius 2 is 1.94 bits per heavy atom. The highest BCUT2D eigenvalue weighted by atomic mass is 15.6. The van der Waals surface area contributed by atoms with Crippen molar-refractivity contribution in [2.24, 2.45) is 0 Å². The van der Waals surface area contributed by atoms with E-state index in [9.17, 15) is 0 Å². The molecule has 0 bridgehead atoms. The highest BCUT2D eigenvalue weighted by molar-refractivity contribution is 4.89. The zero-order valence-electron chi connectivity index (χ0n) is 10.8. The number of nitrogens with zero attached hydrogens (tertiary/aromatic N) is 4. The second kappa shape index (κ2) is 5.94. The highest BCUT2D eigenvalue weighted by Crippen LogP contribution is 2.23. The Labute approximate surface area is 97.6 Å². The molecule has 0 spiro atoms. The first-order valence-electron chi connectivity index (χ1n) is 6.16. The van der Waals surface area contributed by atoms with Crippen LogP contribution >= 0.6 is 0 Å². The van der Waals surface area contributed by atoms with Gasteiger partial charge in [0.15, 0.2) is 5.82 Å². The zero-order chi connectivity index (χ0) is 12.0. The van der Waals surface area contributed by atoms with Gasteiger partial charge in [-0.05, 0) is 43.2 Å². The van der Waals surface area contributed by atoms with Crippen molar-refractivity contribution in [2.75, 3.05) is 6.54 Å². The number of tetrazole rings is 1. The summed E-state index contributed by atoms with van der Waals surface area (Å²) >= 11 is 0. The maximum atomic E-state index is 4.12. The highest BCUT2D eigenvalue weighted by Gasteiger charge is 2.26. The molecule has 1 aromatic heterocycles. The third kappa shape index (κ3) is 2.78. The summed E-state index contributed by atoms with van der Waals surface area (Å²) in [6.45, 7) is 10.5. The van der Waals surface area contributed by atoms with Gasteiger partial charge in [-0.2, -0.15) is 0 Å². The fourth-order valence-electron chi connectivity index (χ4n) is 1.66. The fraction of sp³-hybridized carbons (Fsp3) is 0.909. The van der Waals surface area contributed by atoms with E-state index in [1.54, 1.807) is 0 Å². The van der Waals surface area contributed by atoms with Gasteiger partial charge < -0.3 is 5.32 Å². The van der Waals surface area contributed by atoms with E-state index in [-0.39, 0.29) is 5.54 Å². The van der Waals surface area contributed by atoms with Crippen LogP contribution in [0.1, 0.15) is 52.8 Å². The van der Waals surface area contributed by atoms with Crippen LogP contribution in [0, 0.1) is 0 Å². The third-order valence-electron chi connectivity index (χ3n) is 3.28. The predicted molar refractivity (Wildman–Crippen MR) is 64.0 cm³/mol. The summed E-state index contributed by atoms with van der Waals surface area (Å²) in [5, 5.41) is 15.3. The first kappa shape index (κ1) is 13.1. The van der Waals surface area contributed by atoms with Crippen LogP contribution in [0.4, 0.5) is 0 Å². The summed E-state index contributed by atoms with van der Waals surface area (Å²) in [5.41, 5.74) is 0.0345. The number of nitrogens with one attached hydrogen (secondary N) is 1. The Balaban J connectivity index is 2.76. The molecule has 1 N–H and O–H groups in total. The van der Waals surface area contributed by atoms with E-state index in [4.69, 9.17) is 0 Å². The van der Waals surface area contributed by atoms with Crippen molar-refractivity contribution in [3.8, 4) is 0 Å². The topological polar surface area (TPSA) is 55.6 Å². The zero-order valence-corrected chi connectivity index (χ0v) is 10.8. The standard InChI is InChI=1S/C11H23N5/c1-5-8-12-9-10-13-14-15-16(10)11(4,6-2)7-3/h12H,5-9H2,1-4H3. The summed E-state index contributed by atoms with van der Waals surface area (Å²) in [6, 6.07) is 0. The van der Waals surface area contributed by atoms with Crippen LogP contribution in [0.25, 0.3) is 0 Å².